The Bertz CT molecular complexity index is 300. The lowest BCUT2D eigenvalue weighted by molar-refractivity contribution is 0.198. The topological polar surface area (TPSA) is 21.3 Å². The smallest absolute Gasteiger partial charge is 0.0587 e. The second-order valence-electron chi connectivity index (χ2n) is 4.23. The van der Waals surface area contributed by atoms with Crippen LogP contribution in [0.5, 0.6) is 0 Å². The van der Waals surface area contributed by atoms with Gasteiger partial charge in [-0.1, -0.05) is 41.4 Å². The van der Waals surface area contributed by atoms with Gasteiger partial charge in [-0.15, -0.1) is 0 Å². The van der Waals surface area contributed by atoms with Crippen molar-refractivity contribution in [3.05, 3.63) is 34.3 Å². The molecule has 0 bridgehead atoms. The Balaban J connectivity index is 2.49. The summed E-state index contributed by atoms with van der Waals surface area (Å²) in [5.41, 5.74) is 1.42. The molecule has 1 rings (SSSR count). The molecule has 0 fully saturated rings. The van der Waals surface area contributed by atoms with Crippen molar-refractivity contribution >= 4 is 15.9 Å². The van der Waals surface area contributed by atoms with Crippen LogP contribution in [0.15, 0.2) is 28.7 Å². The van der Waals surface area contributed by atoms with E-state index in [4.69, 9.17) is 4.74 Å². The second-order valence-corrected chi connectivity index (χ2v) is 5.15. The number of hydrogen-bond acceptors (Lipinski definition) is 2. The van der Waals surface area contributed by atoms with Gasteiger partial charge in [0.25, 0.3) is 0 Å². The fourth-order valence-electron chi connectivity index (χ4n) is 1.92. The summed E-state index contributed by atoms with van der Waals surface area (Å²) in [5.74, 6) is 0.602. The molecule has 96 valence electrons. The van der Waals surface area contributed by atoms with Gasteiger partial charge >= 0.3 is 0 Å². The average Bonchev–Trinajstić information content (AvgIpc) is 2.34. The Morgan fingerprint density at radius 3 is 2.59 bits per heavy atom. The lowest BCUT2D eigenvalue weighted by Crippen LogP contribution is -2.25. The van der Waals surface area contributed by atoms with Gasteiger partial charge in [-0.2, -0.15) is 0 Å². The van der Waals surface area contributed by atoms with E-state index in [-0.39, 0.29) is 0 Å². The molecule has 1 unspecified atom stereocenters. The van der Waals surface area contributed by atoms with Crippen molar-refractivity contribution < 1.29 is 4.74 Å². The van der Waals surface area contributed by atoms with E-state index in [0.717, 1.165) is 24.2 Å². The predicted octanol–water partition coefficient (Wildman–Crippen LogP) is 3.57. The minimum Gasteiger partial charge on any atom is -0.383 e. The molecular weight excluding hydrogens is 278 g/mol. The Labute approximate surface area is 113 Å². The molecule has 0 aliphatic heterocycles. The molecule has 17 heavy (non-hydrogen) atoms. The van der Waals surface area contributed by atoms with Crippen LogP contribution in [0.25, 0.3) is 0 Å². The maximum absolute atomic E-state index is 5.04. The van der Waals surface area contributed by atoms with Crippen molar-refractivity contribution in [1.29, 1.82) is 0 Å². The van der Waals surface area contributed by atoms with Gasteiger partial charge in [0.1, 0.15) is 0 Å². The van der Waals surface area contributed by atoms with Crippen LogP contribution in [-0.4, -0.2) is 26.8 Å². The highest BCUT2D eigenvalue weighted by Crippen LogP contribution is 2.22. The second kappa shape index (κ2) is 8.67. The van der Waals surface area contributed by atoms with Crippen molar-refractivity contribution in [2.75, 3.05) is 26.8 Å². The molecule has 1 aromatic rings. The van der Waals surface area contributed by atoms with Gasteiger partial charge in [-0.05, 0) is 30.0 Å². The van der Waals surface area contributed by atoms with E-state index in [1.165, 1.54) is 18.4 Å². The number of halogens is 1. The van der Waals surface area contributed by atoms with Gasteiger partial charge in [0.2, 0.25) is 0 Å². The van der Waals surface area contributed by atoms with Gasteiger partial charge in [-0.25, -0.2) is 0 Å². The summed E-state index contributed by atoms with van der Waals surface area (Å²) in [5, 5.41) is 3.45. The van der Waals surface area contributed by atoms with Crippen molar-refractivity contribution in [2.24, 2.45) is 0 Å². The molecular formula is C14H22BrNO. The fraction of sp³-hybridized carbons (Fsp3) is 0.571. The number of ether oxygens (including phenoxy) is 1. The molecule has 0 heterocycles. The summed E-state index contributed by atoms with van der Waals surface area (Å²) in [4.78, 5) is 0. The third-order valence-corrected chi connectivity index (χ3v) is 3.38. The van der Waals surface area contributed by atoms with Crippen LogP contribution in [0.3, 0.4) is 0 Å². The van der Waals surface area contributed by atoms with Crippen molar-refractivity contribution in [3.63, 3.8) is 0 Å². The highest BCUT2D eigenvalue weighted by Gasteiger charge is 2.09. The first kappa shape index (κ1) is 14.7. The molecule has 0 saturated heterocycles. The Hall–Kier alpha value is -0.380. The largest absolute Gasteiger partial charge is 0.383 e. The minimum atomic E-state index is 0.602. The lowest BCUT2D eigenvalue weighted by Gasteiger charge is -2.17. The van der Waals surface area contributed by atoms with E-state index >= 15 is 0 Å². The van der Waals surface area contributed by atoms with Crippen molar-refractivity contribution in [2.45, 2.75) is 25.7 Å². The van der Waals surface area contributed by atoms with Gasteiger partial charge < -0.3 is 10.1 Å². The standard InChI is InChI=1S/C14H22BrNO/c1-3-4-13(11-16-9-10-17-2)12-5-7-14(15)8-6-12/h5-8,13,16H,3-4,9-11H2,1-2H3. The van der Waals surface area contributed by atoms with E-state index in [1.807, 2.05) is 0 Å². The molecule has 0 radical (unpaired) electrons. The van der Waals surface area contributed by atoms with E-state index in [1.54, 1.807) is 7.11 Å². The van der Waals surface area contributed by atoms with Gasteiger partial charge in [0.15, 0.2) is 0 Å². The molecule has 0 saturated carbocycles. The molecule has 1 atom stereocenters. The third kappa shape index (κ3) is 5.66. The first-order chi connectivity index (χ1) is 8.27. The summed E-state index contributed by atoms with van der Waals surface area (Å²) >= 11 is 3.47. The van der Waals surface area contributed by atoms with E-state index in [2.05, 4.69) is 52.4 Å². The van der Waals surface area contributed by atoms with Gasteiger partial charge in [0.05, 0.1) is 6.61 Å². The molecule has 0 aliphatic rings. The van der Waals surface area contributed by atoms with Gasteiger partial charge in [-0.3, -0.25) is 0 Å². The Kier molecular flexibility index (Phi) is 7.49. The Morgan fingerprint density at radius 1 is 1.29 bits per heavy atom. The predicted molar refractivity (Wildman–Crippen MR) is 76.5 cm³/mol. The summed E-state index contributed by atoms with van der Waals surface area (Å²) in [7, 11) is 1.74. The summed E-state index contributed by atoms with van der Waals surface area (Å²) in [6.45, 7) is 4.96. The molecule has 0 aromatic heterocycles. The Morgan fingerprint density at radius 2 is 2.00 bits per heavy atom. The monoisotopic (exact) mass is 299 g/mol. The quantitative estimate of drug-likeness (QED) is 0.741. The maximum Gasteiger partial charge on any atom is 0.0587 e. The summed E-state index contributed by atoms with van der Waals surface area (Å²) in [6.07, 6.45) is 2.44. The van der Waals surface area contributed by atoms with Crippen LogP contribution < -0.4 is 5.32 Å². The fourth-order valence-corrected chi connectivity index (χ4v) is 2.18. The summed E-state index contributed by atoms with van der Waals surface area (Å²) < 4.78 is 6.18. The van der Waals surface area contributed by atoms with E-state index in [0.29, 0.717) is 5.92 Å². The first-order valence-corrected chi connectivity index (χ1v) is 7.02. The first-order valence-electron chi connectivity index (χ1n) is 6.23. The zero-order valence-corrected chi connectivity index (χ0v) is 12.3. The van der Waals surface area contributed by atoms with Crippen molar-refractivity contribution in [1.82, 2.24) is 5.32 Å². The van der Waals surface area contributed by atoms with Crippen LogP contribution >= 0.6 is 15.9 Å². The molecule has 1 N–H and O–H groups in total. The van der Waals surface area contributed by atoms with Crippen molar-refractivity contribution in [3.8, 4) is 0 Å². The number of benzene rings is 1. The lowest BCUT2D eigenvalue weighted by atomic mass is 9.94. The van der Waals surface area contributed by atoms with E-state index < -0.39 is 0 Å². The number of hydrogen-bond donors (Lipinski definition) is 1. The zero-order chi connectivity index (χ0) is 12.5. The average molecular weight is 300 g/mol. The molecule has 0 amide bonds. The normalized spacial score (nSPS) is 12.6. The molecule has 2 nitrogen and oxygen atoms in total. The van der Waals surface area contributed by atoms with Crippen LogP contribution in [0.2, 0.25) is 0 Å². The van der Waals surface area contributed by atoms with Crippen LogP contribution in [0.1, 0.15) is 31.2 Å². The van der Waals surface area contributed by atoms with Crippen LogP contribution in [0.4, 0.5) is 0 Å². The third-order valence-electron chi connectivity index (χ3n) is 2.85. The molecule has 3 heteroatoms. The highest BCUT2D eigenvalue weighted by molar-refractivity contribution is 9.10. The molecule has 1 aromatic carbocycles. The highest BCUT2D eigenvalue weighted by atomic mass is 79.9. The molecule has 0 aliphatic carbocycles. The van der Waals surface area contributed by atoms with Gasteiger partial charge in [0, 0.05) is 24.7 Å². The number of rotatable bonds is 8. The minimum absolute atomic E-state index is 0.602. The number of methoxy groups -OCH3 is 1. The SMILES string of the molecule is CCCC(CNCCOC)c1ccc(Br)cc1. The van der Waals surface area contributed by atoms with E-state index in [9.17, 15) is 0 Å². The maximum atomic E-state index is 5.04. The van der Waals surface area contributed by atoms with Crippen LogP contribution in [0, 0.1) is 0 Å². The number of nitrogens with one attached hydrogen (secondary N) is 1. The molecule has 0 spiro atoms. The van der Waals surface area contributed by atoms with Crippen LogP contribution in [-0.2, 0) is 4.74 Å². The summed E-state index contributed by atoms with van der Waals surface area (Å²) in [6, 6.07) is 8.66. The zero-order valence-electron chi connectivity index (χ0n) is 10.7.